The van der Waals surface area contributed by atoms with E-state index >= 15 is 0 Å². The number of aryl methyl sites for hydroxylation is 1. The van der Waals surface area contributed by atoms with Crippen molar-refractivity contribution in [1.29, 1.82) is 0 Å². The van der Waals surface area contributed by atoms with Crippen LogP contribution >= 0.6 is 23.2 Å². The van der Waals surface area contributed by atoms with Gasteiger partial charge in [-0.25, -0.2) is 4.79 Å². The van der Waals surface area contributed by atoms with Gasteiger partial charge in [-0.1, -0.05) is 30.1 Å². The number of ketones is 1. The Labute approximate surface area is 153 Å². The average molecular weight is 377 g/mol. The number of fused-ring (bicyclic) bond motifs is 1. The molecule has 0 amide bonds. The highest BCUT2D eigenvalue weighted by molar-refractivity contribution is 6.36. The third-order valence-electron chi connectivity index (χ3n) is 3.78. The molecule has 2 aromatic carbocycles. The van der Waals surface area contributed by atoms with Gasteiger partial charge in [0.15, 0.2) is 6.61 Å². The number of carbonyl (C=O) groups excluding carboxylic acids is 1. The molecule has 1 heterocycles. The summed E-state index contributed by atoms with van der Waals surface area (Å²) in [5.41, 5.74) is 1.26. The molecule has 128 valence electrons. The van der Waals surface area contributed by atoms with Gasteiger partial charge in [-0.2, -0.15) is 0 Å². The van der Waals surface area contributed by atoms with E-state index in [0.29, 0.717) is 21.9 Å². The molecule has 0 aliphatic carbocycles. The van der Waals surface area contributed by atoms with Crippen molar-refractivity contribution in [3.8, 4) is 5.75 Å². The Hall–Kier alpha value is -2.30. The molecule has 0 bridgehead atoms. The van der Waals surface area contributed by atoms with E-state index in [1.54, 1.807) is 24.3 Å². The molecule has 0 aliphatic heterocycles. The Balaban J connectivity index is 1.81. The Morgan fingerprint density at radius 3 is 2.64 bits per heavy atom. The van der Waals surface area contributed by atoms with E-state index < -0.39 is 5.63 Å². The van der Waals surface area contributed by atoms with Gasteiger partial charge in [-0.3, -0.25) is 4.79 Å². The summed E-state index contributed by atoms with van der Waals surface area (Å²) in [5.74, 6) is 0.160. The number of carbonyl (C=O) groups is 1. The van der Waals surface area contributed by atoms with E-state index in [1.165, 1.54) is 12.1 Å². The van der Waals surface area contributed by atoms with Gasteiger partial charge in [0.2, 0.25) is 5.78 Å². The summed E-state index contributed by atoms with van der Waals surface area (Å²) >= 11 is 11.8. The second-order valence-electron chi connectivity index (χ2n) is 5.44. The molecule has 0 atom stereocenters. The second-order valence-corrected chi connectivity index (χ2v) is 6.28. The normalized spacial score (nSPS) is 10.8. The van der Waals surface area contributed by atoms with Crippen LogP contribution in [0.15, 0.2) is 51.7 Å². The highest BCUT2D eigenvalue weighted by atomic mass is 35.5. The Morgan fingerprint density at radius 2 is 1.92 bits per heavy atom. The quantitative estimate of drug-likeness (QED) is 0.468. The van der Waals surface area contributed by atoms with Gasteiger partial charge >= 0.3 is 5.63 Å². The fourth-order valence-corrected chi connectivity index (χ4v) is 3.05. The van der Waals surface area contributed by atoms with E-state index in [2.05, 4.69) is 0 Å². The molecule has 6 heteroatoms. The van der Waals surface area contributed by atoms with Crippen molar-refractivity contribution in [2.24, 2.45) is 0 Å². The van der Waals surface area contributed by atoms with E-state index in [-0.39, 0.29) is 17.4 Å². The van der Waals surface area contributed by atoms with Crippen molar-refractivity contribution in [1.82, 2.24) is 0 Å². The van der Waals surface area contributed by atoms with Gasteiger partial charge in [0.1, 0.15) is 11.3 Å². The van der Waals surface area contributed by atoms with Crippen molar-refractivity contribution >= 4 is 40.0 Å². The zero-order valence-electron chi connectivity index (χ0n) is 13.3. The number of rotatable bonds is 5. The van der Waals surface area contributed by atoms with Gasteiger partial charge < -0.3 is 9.15 Å². The first kappa shape index (κ1) is 17.5. The summed E-state index contributed by atoms with van der Waals surface area (Å²) in [6, 6.07) is 11.3. The molecule has 3 rings (SSSR count). The van der Waals surface area contributed by atoms with Crippen LogP contribution in [0.3, 0.4) is 0 Å². The number of halogens is 2. The van der Waals surface area contributed by atoms with Crippen molar-refractivity contribution < 1.29 is 13.9 Å². The van der Waals surface area contributed by atoms with E-state index in [1.807, 2.05) is 13.0 Å². The first-order chi connectivity index (χ1) is 12.0. The van der Waals surface area contributed by atoms with Crippen LogP contribution in [0, 0.1) is 0 Å². The highest BCUT2D eigenvalue weighted by Gasteiger charge is 2.12. The average Bonchev–Trinajstić information content (AvgIpc) is 2.58. The summed E-state index contributed by atoms with van der Waals surface area (Å²) in [7, 11) is 0. The maximum Gasteiger partial charge on any atom is 0.336 e. The Kier molecular flexibility index (Phi) is 5.11. The molecule has 0 saturated heterocycles. The third kappa shape index (κ3) is 3.86. The lowest BCUT2D eigenvalue weighted by molar-refractivity contribution is 0.0921. The molecule has 3 aromatic rings. The van der Waals surface area contributed by atoms with Crippen LogP contribution in [0.5, 0.6) is 5.75 Å². The molecular weight excluding hydrogens is 363 g/mol. The third-order valence-corrected chi connectivity index (χ3v) is 4.33. The predicted octanol–water partition coefficient (Wildman–Crippen LogP) is 4.92. The molecule has 0 fully saturated rings. The Morgan fingerprint density at radius 1 is 1.12 bits per heavy atom. The van der Waals surface area contributed by atoms with E-state index in [0.717, 1.165) is 17.4 Å². The van der Waals surface area contributed by atoms with Crippen LogP contribution in [0.4, 0.5) is 0 Å². The van der Waals surface area contributed by atoms with Gasteiger partial charge in [0.25, 0.3) is 0 Å². The zero-order chi connectivity index (χ0) is 18.0. The number of Topliss-reactive ketones (excluding diaryl/α,β-unsaturated/α-hetero) is 1. The van der Waals surface area contributed by atoms with Crippen molar-refractivity contribution in [2.75, 3.05) is 6.61 Å². The summed E-state index contributed by atoms with van der Waals surface area (Å²) in [6.07, 6.45) is 0.718. The molecule has 0 radical (unpaired) electrons. The van der Waals surface area contributed by atoms with Crippen LogP contribution in [-0.2, 0) is 6.42 Å². The number of ether oxygens (including phenoxy) is 1. The molecule has 0 saturated carbocycles. The maximum atomic E-state index is 12.2. The van der Waals surface area contributed by atoms with Crippen molar-refractivity contribution in [2.45, 2.75) is 13.3 Å². The van der Waals surface area contributed by atoms with Gasteiger partial charge in [-0.05, 0) is 42.3 Å². The smallest absolute Gasteiger partial charge is 0.336 e. The topological polar surface area (TPSA) is 56.5 Å². The van der Waals surface area contributed by atoms with E-state index in [9.17, 15) is 9.59 Å². The number of hydrogen-bond donors (Lipinski definition) is 0. The first-order valence-corrected chi connectivity index (χ1v) is 8.41. The molecule has 25 heavy (non-hydrogen) atoms. The molecule has 0 spiro atoms. The minimum absolute atomic E-state index is 0.190. The van der Waals surface area contributed by atoms with Crippen LogP contribution in [0.1, 0.15) is 22.8 Å². The standard InChI is InChI=1S/C19H14Cl2O4/c1-2-11-7-19(23)25-18-9-13(4-6-14(11)18)24-10-17(22)15-5-3-12(20)8-16(15)21/h3-9H,2,10H2,1H3. The van der Waals surface area contributed by atoms with Crippen LogP contribution in [0.25, 0.3) is 11.0 Å². The van der Waals surface area contributed by atoms with Crippen LogP contribution in [0.2, 0.25) is 10.0 Å². The maximum absolute atomic E-state index is 12.2. The molecule has 1 aromatic heterocycles. The monoisotopic (exact) mass is 376 g/mol. The molecule has 4 nitrogen and oxygen atoms in total. The van der Waals surface area contributed by atoms with Gasteiger partial charge in [0, 0.05) is 28.1 Å². The van der Waals surface area contributed by atoms with Gasteiger partial charge in [-0.15, -0.1) is 0 Å². The van der Waals surface area contributed by atoms with Crippen molar-refractivity contribution in [3.05, 3.63) is 74.1 Å². The number of hydrogen-bond acceptors (Lipinski definition) is 4. The predicted molar refractivity (Wildman–Crippen MR) is 98.1 cm³/mol. The molecular formula is C19H14Cl2O4. The van der Waals surface area contributed by atoms with E-state index in [4.69, 9.17) is 32.4 Å². The summed E-state index contributed by atoms with van der Waals surface area (Å²) in [4.78, 5) is 23.8. The lowest BCUT2D eigenvalue weighted by Gasteiger charge is -2.08. The van der Waals surface area contributed by atoms with Crippen LogP contribution in [-0.4, -0.2) is 12.4 Å². The van der Waals surface area contributed by atoms with Crippen molar-refractivity contribution in [3.63, 3.8) is 0 Å². The SMILES string of the molecule is CCc1cc(=O)oc2cc(OCC(=O)c3ccc(Cl)cc3Cl)ccc12. The fourth-order valence-electron chi connectivity index (χ4n) is 2.53. The fraction of sp³-hybridized carbons (Fsp3) is 0.158. The molecule has 0 N–H and O–H groups in total. The lowest BCUT2D eigenvalue weighted by atomic mass is 10.1. The number of benzene rings is 2. The zero-order valence-corrected chi connectivity index (χ0v) is 14.9. The lowest BCUT2D eigenvalue weighted by Crippen LogP contribution is -2.12. The first-order valence-electron chi connectivity index (χ1n) is 7.65. The summed E-state index contributed by atoms with van der Waals surface area (Å²) < 4.78 is 10.7. The summed E-state index contributed by atoms with van der Waals surface area (Å²) in [6.45, 7) is 1.78. The molecule has 0 unspecified atom stereocenters. The minimum atomic E-state index is -0.412. The van der Waals surface area contributed by atoms with Crippen LogP contribution < -0.4 is 10.4 Å². The largest absolute Gasteiger partial charge is 0.485 e. The minimum Gasteiger partial charge on any atom is -0.485 e. The summed E-state index contributed by atoms with van der Waals surface area (Å²) in [5, 5.41) is 1.58. The highest BCUT2D eigenvalue weighted by Crippen LogP contribution is 2.24. The second kappa shape index (κ2) is 7.30. The Bertz CT molecular complexity index is 1010. The van der Waals surface area contributed by atoms with Gasteiger partial charge in [0.05, 0.1) is 5.02 Å². The molecule has 0 aliphatic rings.